The first-order valence-electron chi connectivity index (χ1n) is 12.3. The molecule has 0 saturated heterocycles. The van der Waals surface area contributed by atoms with Gasteiger partial charge in [0.2, 0.25) is 11.8 Å². The second-order valence-electron chi connectivity index (χ2n) is 9.40. The summed E-state index contributed by atoms with van der Waals surface area (Å²) in [4.78, 5) is 28.4. The first-order chi connectivity index (χ1) is 17.5. The maximum atomic E-state index is 13.9. The molecule has 0 saturated carbocycles. The highest BCUT2D eigenvalue weighted by molar-refractivity contribution is 7.92. The highest BCUT2D eigenvalue weighted by Crippen LogP contribution is 2.27. The maximum absolute atomic E-state index is 13.9. The molecule has 0 unspecified atom stereocenters. The molecule has 0 radical (unpaired) electrons. The molecule has 3 aromatic carbocycles. The fourth-order valence-electron chi connectivity index (χ4n) is 4.04. The van der Waals surface area contributed by atoms with Crippen molar-refractivity contribution in [2.75, 3.05) is 10.8 Å². The molecule has 196 valence electrons. The Morgan fingerprint density at radius 3 is 1.97 bits per heavy atom. The summed E-state index contributed by atoms with van der Waals surface area (Å²) in [6, 6.07) is 21.8. The predicted molar refractivity (Wildman–Crippen MR) is 147 cm³/mol. The lowest BCUT2D eigenvalue weighted by Gasteiger charge is -2.33. The Balaban J connectivity index is 2.04. The number of benzene rings is 3. The average molecular weight is 522 g/mol. The quantitative estimate of drug-likeness (QED) is 0.427. The van der Waals surface area contributed by atoms with E-state index in [4.69, 9.17) is 0 Å². The lowest BCUT2D eigenvalue weighted by molar-refractivity contribution is -0.139. The number of anilines is 1. The van der Waals surface area contributed by atoms with Crippen molar-refractivity contribution >= 4 is 27.5 Å². The summed E-state index contributed by atoms with van der Waals surface area (Å²) in [5.41, 5.74) is 2.98. The Hall–Kier alpha value is -3.65. The third-order valence-corrected chi connectivity index (χ3v) is 7.97. The molecule has 8 heteroatoms. The lowest BCUT2D eigenvalue weighted by Crippen LogP contribution is -2.52. The van der Waals surface area contributed by atoms with Crippen molar-refractivity contribution in [2.45, 2.75) is 58.1 Å². The van der Waals surface area contributed by atoms with Crippen LogP contribution in [0.4, 0.5) is 5.69 Å². The number of hydrogen-bond donors (Lipinski definition) is 1. The number of nitrogens with zero attached hydrogens (tertiary/aromatic N) is 2. The number of carbonyl (C=O) groups is 2. The lowest BCUT2D eigenvalue weighted by atomic mass is 10.1. The highest BCUT2D eigenvalue weighted by atomic mass is 32.2. The molecule has 0 bridgehead atoms. The third-order valence-electron chi connectivity index (χ3n) is 6.19. The Morgan fingerprint density at radius 2 is 1.38 bits per heavy atom. The van der Waals surface area contributed by atoms with E-state index in [1.807, 2.05) is 51.1 Å². The standard InChI is InChI=1S/C29H35N3O4S/c1-21(2)30-29(34)24(5)31(19-25-15-11-9-13-22(25)3)28(33)20-32(27-18-12-10-14-23(27)4)37(35,36)26-16-7-6-8-17-26/h6-18,21,24H,19-20H2,1-5H3,(H,30,34)/t24-/m1/s1. The molecule has 0 spiro atoms. The van der Waals surface area contributed by atoms with Crippen LogP contribution in [0, 0.1) is 13.8 Å². The fourth-order valence-corrected chi connectivity index (χ4v) is 5.53. The third kappa shape index (κ3) is 6.77. The summed E-state index contributed by atoms with van der Waals surface area (Å²) in [7, 11) is -4.07. The van der Waals surface area contributed by atoms with Crippen LogP contribution in [0.25, 0.3) is 0 Å². The van der Waals surface area contributed by atoms with Gasteiger partial charge >= 0.3 is 0 Å². The van der Waals surface area contributed by atoms with Gasteiger partial charge in [0, 0.05) is 12.6 Å². The Bertz CT molecular complexity index is 1340. The number of carbonyl (C=O) groups excluding carboxylic acids is 2. The van der Waals surface area contributed by atoms with Crippen LogP contribution < -0.4 is 9.62 Å². The van der Waals surface area contributed by atoms with Gasteiger partial charge in [0.15, 0.2) is 0 Å². The van der Waals surface area contributed by atoms with Crippen molar-refractivity contribution in [1.82, 2.24) is 10.2 Å². The van der Waals surface area contributed by atoms with E-state index in [9.17, 15) is 18.0 Å². The SMILES string of the molecule is Cc1ccccc1CN(C(=O)CN(c1ccccc1C)S(=O)(=O)c1ccccc1)[C@H](C)C(=O)NC(C)C. The van der Waals surface area contributed by atoms with Crippen LogP contribution in [-0.4, -0.2) is 43.8 Å². The zero-order valence-corrected chi connectivity index (χ0v) is 22.8. The fraction of sp³-hybridized carbons (Fsp3) is 0.310. The van der Waals surface area contributed by atoms with E-state index in [0.29, 0.717) is 11.3 Å². The minimum absolute atomic E-state index is 0.0853. The number of nitrogens with one attached hydrogen (secondary N) is 1. The van der Waals surface area contributed by atoms with Gasteiger partial charge in [0.25, 0.3) is 10.0 Å². The monoisotopic (exact) mass is 521 g/mol. The van der Waals surface area contributed by atoms with E-state index in [2.05, 4.69) is 5.32 Å². The van der Waals surface area contributed by atoms with Gasteiger partial charge in [-0.2, -0.15) is 0 Å². The first kappa shape index (κ1) is 27.9. The minimum atomic E-state index is -4.07. The predicted octanol–water partition coefficient (Wildman–Crippen LogP) is 4.44. The largest absolute Gasteiger partial charge is 0.352 e. The average Bonchev–Trinajstić information content (AvgIpc) is 2.87. The van der Waals surface area contributed by atoms with E-state index in [1.165, 1.54) is 17.0 Å². The number of rotatable bonds is 10. The Morgan fingerprint density at radius 1 is 0.811 bits per heavy atom. The van der Waals surface area contributed by atoms with Crippen molar-refractivity contribution in [3.05, 3.63) is 95.6 Å². The van der Waals surface area contributed by atoms with Crippen LogP contribution in [0.3, 0.4) is 0 Å². The molecular formula is C29H35N3O4S. The van der Waals surface area contributed by atoms with Crippen molar-refractivity contribution in [1.29, 1.82) is 0 Å². The summed E-state index contributed by atoms with van der Waals surface area (Å²) < 4.78 is 28.7. The smallest absolute Gasteiger partial charge is 0.264 e. The number of amides is 2. The van der Waals surface area contributed by atoms with E-state index in [1.54, 1.807) is 50.2 Å². The molecule has 7 nitrogen and oxygen atoms in total. The molecule has 37 heavy (non-hydrogen) atoms. The van der Waals surface area contributed by atoms with Gasteiger partial charge in [-0.3, -0.25) is 13.9 Å². The molecule has 0 fully saturated rings. The van der Waals surface area contributed by atoms with E-state index in [-0.39, 0.29) is 23.4 Å². The summed E-state index contributed by atoms with van der Waals surface area (Å²) >= 11 is 0. The van der Waals surface area contributed by atoms with Crippen LogP contribution in [0.15, 0.2) is 83.8 Å². The van der Waals surface area contributed by atoms with Gasteiger partial charge in [-0.1, -0.05) is 60.7 Å². The van der Waals surface area contributed by atoms with Crippen LogP contribution >= 0.6 is 0 Å². The summed E-state index contributed by atoms with van der Waals surface area (Å²) in [6.07, 6.45) is 0. The molecule has 3 rings (SSSR count). The molecule has 3 aromatic rings. The number of sulfonamides is 1. The van der Waals surface area contributed by atoms with Gasteiger partial charge < -0.3 is 10.2 Å². The molecule has 0 aliphatic carbocycles. The van der Waals surface area contributed by atoms with E-state index >= 15 is 0 Å². The van der Waals surface area contributed by atoms with Crippen molar-refractivity contribution in [2.24, 2.45) is 0 Å². The number of para-hydroxylation sites is 1. The van der Waals surface area contributed by atoms with Gasteiger partial charge in [-0.15, -0.1) is 0 Å². The highest BCUT2D eigenvalue weighted by Gasteiger charge is 2.33. The number of hydrogen-bond acceptors (Lipinski definition) is 4. The zero-order chi connectivity index (χ0) is 27.2. The Labute approximate surface area is 220 Å². The van der Waals surface area contributed by atoms with Gasteiger partial charge in [-0.25, -0.2) is 8.42 Å². The first-order valence-corrected chi connectivity index (χ1v) is 13.7. The van der Waals surface area contributed by atoms with E-state index in [0.717, 1.165) is 15.4 Å². The molecule has 0 aliphatic heterocycles. The summed E-state index contributed by atoms with van der Waals surface area (Å²) in [5.74, 6) is -0.775. The number of aryl methyl sites for hydroxylation is 2. The van der Waals surface area contributed by atoms with Gasteiger partial charge in [0.05, 0.1) is 10.6 Å². The van der Waals surface area contributed by atoms with Crippen LogP contribution in [0.5, 0.6) is 0 Å². The van der Waals surface area contributed by atoms with Crippen LogP contribution in [-0.2, 0) is 26.2 Å². The summed E-state index contributed by atoms with van der Waals surface area (Å²) in [6.45, 7) is 8.83. The molecule has 2 amide bonds. The van der Waals surface area contributed by atoms with Crippen molar-refractivity contribution in [3.63, 3.8) is 0 Å². The second kappa shape index (κ2) is 12.1. The van der Waals surface area contributed by atoms with Gasteiger partial charge in [-0.05, 0) is 69.5 Å². The minimum Gasteiger partial charge on any atom is -0.352 e. The molecule has 1 atom stereocenters. The van der Waals surface area contributed by atoms with Crippen molar-refractivity contribution in [3.8, 4) is 0 Å². The molecule has 0 heterocycles. The van der Waals surface area contributed by atoms with Crippen LogP contribution in [0.2, 0.25) is 0 Å². The molecule has 0 aliphatic rings. The maximum Gasteiger partial charge on any atom is 0.264 e. The van der Waals surface area contributed by atoms with E-state index < -0.39 is 28.5 Å². The Kier molecular flexibility index (Phi) is 9.10. The van der Waals surface area contributed by atoms with Crippen molar-refractivity contribution < 1.29 is 18.0 Å². The van der Waals surface area contributed by atoms with Gasteiger partial charge in [0.1, 0.15) is 12.6 Å². The molecule has 0 aromatic heterocycles. The van der Waals surface area contributed by atoms with Crippen LogP contribution in [0.1, 0.15) is 37.5 Å². The zero-order valence-electron chi connectivity index (χ0n) is 22.0. The summed E-state index contributed by atoms with van der Waals surface area (Å²) in [5, 5.41) is 2.86. The normalized spacial score (nSPS) is 12.2. The molecular weight excluding hydrogens is 486 g/mol. The molecule has 1 N–H and O–H groups in total. The topological polar surface area (TPSA) is 86.8 Å². The second-order valence-corrected chi connectivity index (χ2v) is 11.3.